The van der Waals surface area contributed by atoms with Gasteiger partial charge < -0.3 is 10.2 Å². The maximum atomic E-state index is 14.3. The fraction of sp³-hybridized carbons (Fsp3) is 0.290. The summed E-state index contributed by atoms with van der Waals surface area (Å²) in [7, 11) is 0. The Hall–Kier alpha value is -4.30. The van der Waals surface area contributed by atoms with E-state index in [1.807, 2.05) is 86.6 Å². The topological polar surface area (TPSA) is 98.8 Å². The summed E-state index contributed by atoms with van der Waals surface area (Å²) in [4.78, 5) is 57.9. The zero-order valence-electron chi connectivity index (χ0n) is 21.9. The molecule has 3 aromatic carbocycles. The van der Waals surface area contributed by atoms with Crippen molar-refractivity contribution in [1.82, 2.24) is 10.2 Å². The molecule has 0 saturated carbocycles. The third-order valence-corrected chi connectivity index (χ3v) is 8.22. The minimum absolute atomic E-state index is 0.163. The van der Waals surface area contributed by atoms with Gasteiger partial charge in [-0.2, -0.15) is 0 Å². The van der Waals surface area contributed by atoms with Crippen LogP contribution < -0.4 is 15.5 Å². The number of nitrogens with one attached hydrogen (secondary N) is 2. The first-order valence-corrected chi connectivity index (χ1v) is 13.3. The van der Waals surface area contributed by atoms with Gasteiger partial charge in [-0.1, -0.05) is 73.2 Å². The van der Waals surface area contributed by atoms with Gasteiger partial charge in [-0.15, -0.1) is 0 Å². The largest absolute Gasteiger partial charge is 0.325 e. The van der Waals surface area contributed by atoms with Crippen LogP contribution in [0.2, 0.25) is 0 Å². The maximum absolute atomic E-state index is 14.3. The Bertz CT molecular complexity index is 1470. The molecule has 39 heavy (non-hydrogen) atoms. The van der Waals surface area contributed by atoms with Crippen molar-refractivity contribution in [2.75, 3.05) is 16.8 Å². The highest BCUT2D eigenvalue weighted by Gasteiger charge is 2.71. The summed E-state index contributed by atoms with van der Waals surface area (Å²) < 4.78 is 0. The number of anilines is 2. The minimum atomic E-state index is -1.41. The molecule has 3 aliphatic rings. The van der Waals surface area contributed by atoms with Gasteiger partial charge in [-0.05, 0) is 37.1 Å². The van der Waals surface area contributed by atoms with Crippen LogP contribution in [-0.4, -0.2) is 41.1 Å². The van der Waals surface area contributed by atoms with Gasteiger partial charge >= 0.3 is 0 Å². The Balaban J connectivity index is 1.35. The molecule has 3 aromatic rings. The number of rotatable bonds is 6. The van der Waals surface area contributed by atoms with E-state index in [1.54, 1.807) is 6.07 Å². The molecule has 3 heterocycles. The lowest BCUT2D eigenvalue weighted by Gasteiger charge is -2.30. The van der Waals surface area contributed by atoms with Crippen molar-refractivity contribution >= 4 is 35.0 Å². The number of hydrogen-bond acceptors (Lipinski definition) is 5. The number of carbonyl (C=O) groups is 4. The van der Waals surface area contributed by atoms with E-state index < -0.39 is 17.4 Å². The Morgan fingerprint density at radius 3 is 2.31 bits per heavy atom. The number of imide groups is 1. The first-order chi connectivity index (χ1) is 18.8. The highest BCUT2D eigenvalue weighted by Crippen LogP contribution is 2.55. The summed E-state index contributed by atoms with van der Waals surface area (Å²) in [5.74, 6) is -2.89. The number of fused-ring (bicyclic) bond motifs is 4. The number of hydrogen-bond donors (Lipinski definition) is 2. The highest BCUT2D eigenvalue weighted by molar-refractivity contribution is 6.17. The second-order valence-electron chi connectivity index (χ2n) is 10.5. The molecular weight excluding hydrogens is 492 g/mol. The summed E-state index contributed by atoms with van der Waals surface area (Å²) >= 11 is 0. The quantitative estimate of drug-likeness (QED) is 0.484. The second-order valence-corrected chi connectivity index (χ2v) is 10.5. The number of benzene rings is 3. The van der Waals surface area contributed by atoms with Crippen LogP contribution >= 0.6 is 0 Å². The van der Waals surface area contributed by atoms with Gasteiger partial charge in [-0.3, -0.25) is 29.4 Å². The van der Waals surface area contributed by atoms with E-state index in [-0.39, 0.29) is 42.8 Å². The molecule has 8 nitrogen and oxygen atoms in total. The molecule has 0 aromatic heterocycles. The van der Waals surface area contributed by atoms with E-state index in [9.17, 15) is 19.2 Å². The molecule has 3 aliphatic heterocycles. The molecule has 6 rings (SSSR count). The van der Waals surface area contributed by atoms with Crippen molar-refractivity contribution in [2.45, 2.75) is 38.4 Å². The normalized spacial score (nSPS) is 25.4. The van der Waals surface area contributed by atoms with Gasteiger partial charge in [0.1, 0.15) is 12.1 Å². The Morgan fingerprint density at radius 2 is 1.59 bits per heavy atom. The Labute approximate surface area is 227 Å². The second kappa shape index (κ2) is 9.47. The smallest absolute Gasteiger partial charge is 0.253 e. The van der Waals surface area contributed by atoms with Gasteiger partial charge in [0.15, 0.2) is 0 Å². The lowest BCUT2D eigenvalue weighted by Crippen LogP contribution is -2.55. The van der Waals surface area contributed by atoms with E-state index >= 15 is 0 Å². The molecule has 1 spiro atoms. The molecule has 2 fully saturated rings. The van der Waals surface area contributed by atoms with Crippen molar-refractivity contribution in [3.05, 3.63) is 95.6 Å². The summed E-state index contributed by atoms with van der Waals surface area (Å²) in [5, 5.41) is 6.30. The monoisotopic (exact) mass is 522 g/mol. The molecule has 198 valence electrons. The van der Waals surface area contributed by atoms with Crippen LogP contribution in [0.3, 0.4) is 0 Å². The van der Waals surface area contributed by atoms with E-state index in [0.29, 0.717) is 23.4 Å². The first-order valence-electron chi connectivity index (χ1n) is 13.3. The van der Waals surface area contributed by atoms with Crippen LogP contribution in [0.25, 0.3) is 0 Å². The summed E-state index contributed by atoms with van der Waals surface area (Å²) in [6.45, 7) is 3.86. The Morgan fingerprint density at radius 1 is 0.897 bits per heavy atom. The minimum Gasteiger partial charge on any atom is -0.325 e. The number of amides is 4. The summed E-state index contributed by atoms with van der Waals surface area (Å²) in [6.07, 6.45) is 0.574. The van der Waals surface area contributed by atoms with Crippen LogP contribution in [-0.2, 0) is 31.3 Å². The zero-order chi connectivity index (χ0) is 27.3. The van der Waals surface area contributed by atoms with Crippen molar-refractivity contribution in [3.8, 4) is 0 Å². The lowest BCUT2D eigenvalue weighted by molar-refractivity contribution is -0.143. The lowest BCUT2D eigenvalue weighted by atomic mass is 9.76. The first kappa shape index (κ1) is 25.0. The van der Waals surface area contributed by atoms with Gasteiger partial charge in [-0.25, -0.2) is 0 Å². The summed E-state index contributed by atoms with van der Waals surface area (Å²) in [5.41, 5.74) is 2.35. The number of likely N-dealkylation sites (tertiary alicyclic amines) is 1. The zero-order valence-corrected chi connectivity index (χ0v) is 21.9. The molecule has 4 atom stereocenters. The van der Waals surface area contributed by atoms with Gasteiger partial charge in [0.2, 0.25) is 17.7 Å². The van der Waals surface area contributed by atoms with Gasteiger partial charge in [0.05, 0.1) is 18.4 Å². The van der Waals surface area contributed by atoms with Crippen molar-refractivity contribution in [2.24, 2.45) is 11.8 Å². The van der Waals surface area contributed by atoms with E-state index in [4.69, 9.17) is 0 Å². The third-order valence-electron chi connectivity index (χ3n) is 8.22. The van der Waals surface area contributed by atoms with Crippen LogP contribution in [0.1, 0.15) is 30.0 Å². The van der Waals surface area contributed by atoms with Crippen molar-refractivity contribution < 1.29 is 19.2 Å². The highest BCUT2D eigenvalue weighted by atomic mass is 16.2. The van der Waals surface area contributed by atoms with Crippen molar-refractivity contribution in [3.63, 3.8) is 0 Å². The van der Waals surface area contributed by atoms with Gasteiger partial charge in [0.25, 0.3) is 5.91 Å². The average molecular weight is 523 g/mol. The molecule has 0 unspecified atom stereocenters. The molecule has 0 radical (unpaired) electrons. The molecular formula is C31H30N4O4. The number of carbonyl (C=O) groups excluding carboxylic acids is 4. The molecule has 2 N–H and O–H groups in total. The van der Waals surface area contributed by atoms with Crippen LogP contribution in [0.5, 0.6) is 0 Å². The predicted molar refractivity (Wildman–Crippen MR) is 146 cm³/mol. The number of nitrogens with zero attached hydrogens (tertiary/aromatic N) is 2. The number of para-hydroxylation sites is 1. The number of aryl methyl sites for hydroxylation is 1. The van der Waals surface area contributed by atoms with Crippen LogP contribution in [0.4, 0.5) is 11.4 Å². The average Bonchev–Trinajstić information content (AvgIpc) is 3.51. The maximum Gasteiger partial charge on any atom is 0.253 e. The van der Waals surface area contributed by atoms with E-state index in [0.717, 1.165) is 11.1 Å². The molecule has 8 heteroatoms. The predicted octanol–water partition coefficient (Wildman–Crippen LogP) is 3.36. The molecule has 2 saturated heterocycles. The SMILES string of the molecule is CC[C@@H]1N[C@]2(C(=O)N(CC(=O)Nc3ccc(C)cc3)c3ccccc32)[C@H]2C(=O)N(Cc3ccccc3)C(=O)[C@@H]12. The van der Waals surface area contributed by atoms with Crippen LogP contribution in [0.15, 0.2) is 78.9 Å². The standard InChI is InChI=1S/C31H30N4O4/c1-3-23-26-27(29(38)35(28(26)37)17-20-9-5-4-6-10-20)31(33-23)22-11-7-8-12-24(22)34(30(31)39)18-25(36)32-21-15-13-19(2)14-16-21/h4-16,23,26-27,33H,3,17-18H2,1-2H3,(H,32,36)/t23-,26-,27+,31-/m0/s1. The molecule has 4 amide bonds. The van der Waals surface area contributed by atoms with Gasteiger partial charge in [0, 0.05) is 23.0 Å². The molecule has 0 aliphatic carbocycles. The molecule has 0 bridgehead atoms. The fourth-order valence-electron chi connectivity index (χ4n) is 6.42. The van der Waals surface area contributed by atoms with E-state index in [1.165, 1.54) is 9.80 Å². The van der Waals surface area contributed by atoms with E-state index in [2.05, 4.69) is 10.6 Å². The van der Waals surface area contributed by atoms with Crippen LogP contribution in [0, 0.1) is 18.8 Å². The Kier molecular flexibility index (Phi) is 6.07. The summed E-state index contributed by atoms with van der Waals surface area (Å²) in [6, 6.07) is 23.7. The third kappa shape index (κ3) is 3.86. The fourth-order valence-corrected chi connectivity index (χ4v) is 6.42. The van der Waals surface area contributed by atoms with Crippen molar-refractivity contribution in [1.29, 1.82) is 0 Å².